The number of hydrogen-bond acceptors (Lipinski definition) is 5. The number of carbonyl (C=O) groups excluding carboxylic acids is 3. The van der Waals surface area contributed by atoms with Gasteiger partial charge < -0.3 is 14.4 Å². The van der Waals surface area contributed by atoms with Gasteiger partial charge in [-0.3, -0.25) is 14.5 Å². The van der Waals surface area contributed by atoms with Gasteiger partial charge in [-0.2, -0.15) is 0 Å². The summed E-state index contributed by atoms with van der Waals surface area (Å²) in [4.78, 5) is 41.6. The summed E-state index contributed by atoms with van der Waals surface area (Å²) in [6.45, 7) is 6.51. The monoisotopic (exact) mass is 436 g/mol. The van der Waals surface area contributed by atoms with Crippen LogP contribution in [0, 0.1) is 6.92 Å². The molecular formula is C25H28N2O5. The van der Waals surface area contributed by atoms with Crippen molar-refractivity contribution < 1.29 is 23.9 Å². The van der Waals surface area contributed by atoms with Gasteiger partial charge in [-0.25, -0.2) is 4.79 Å². The lowest BCUT2D eigenvalue weighted by Crippen LogP contribution is -2.67. The number of fused-ring (bicyclic) bond motifs is 3. The SMILES string of the molecule is Cc1cc(OCCOC(=O)C23CCC(=O)N2c2ccccc2C(=O)N3C)ccc1C(C)C. The Kier molecular flexibility index (Phi) is 5.67. The van der Waals surface area contributed by atoms with Crippen LogP contribution in [0.4, 0.5) is 5.69 Å². The maximum atomic E-state index is 13.2. The quantitative estimate of drug-likeness (QED) is 0.510. The largest absolute Gasteiger partial charge is 0.490 e. The molecule has 0 saturated carbocycles. The number of nitrogens with zero attached hydrogens (tertiary/aromatic N) is 2. The van der Waals surface area contributed by atoms with E-state index >= 15 is 0 Å². The summed E-state index contributed by atoms with van der Waals surface area (Å²) in [5.74, 6) is 0.00847. The molecule has 0 aromatic heterocycles. The fourth-order valence-corrected chi connectivity index (χ4v) is 4.69. The van der Waals surface area contributed by atoms with E-state index in [2.05, 4.69) is 13.8 Å². The molecule has 1 fully saturated rings. The van der Waals surface area contributed by atoms with E-state index in [0.717, 1.165) is 5.56 Å². The van der Waals surface area contributed by atoms with Gasteiger partial charge in [0.15, 0.2) is 0 Å². The van der Waals surface area contributed by atoms with E-state index in [1.165, 1.54) is 15.4 Å². The first-order valence-electron chi connectivity index (χ1n) is 10.9. The molecule has 2 heterocycles. The Hall–Kier alpha value is -3.35. The molecular weight excluding hydrogens is 408 g/mol. The molecule has 7 heteroatoms. The molecule has 0 bridgehead atoms. The third-order valence-electron chi connectivity index (χ3n) is 6.32. The molecule has 32 heavy (non-hydrogen) atoms. The standard InChI is InChI=1S/C25H28N2O5/c1-16(2)19-10-9-18(15-17(19)3)31-13-14-32-24(30)25-12-11-22(28)27(25)21-8-6-5-7-20(21)23(29)26(25)4/h5-10,15-16H,11-14H2,1-4H3. The van der Waals surface area contributed by atoms with Crippen LogP contribution in [0.25, 0.3) is 0 Å². The van der Waals surface area contributed by atoms with Crippen molar-refractivity contribution in [2.45, 2.75) is 45.2 Å². The Labute approximate surface area is 187 Å². The number of anilines is 1. The van der Waals surface area contributed by atoms with Crippen LogP contribution in [0.3, 0.4) is 0 Å². The fraction of sp³-hybridized carbons (Fsp3) is 0.400. The molecule has 0 N–H and O–H groups in total. The van der Waals surface area contributed by atoms with Crippen molar-refractivity contribution in [2.24, 2.45) is 0 Å². The first kappa shape index (κ1) is 21.9. The molecule has 2 amide bonds. The molecule has 2 aliphatic rings. The number of benzene rings is 2. The minimum atomic E-state index is -1.46. The zero-order chi connectivity index (χ0) is 23.0. The van der Waals surface area contributed by atoms with Gasteiger partial charge in [0.1, 0.15) is 19.0 Å². The van der Waals surface area contributed by atoms with Crippen molar-refractivity contribution >= 4 is 23.5 Å². The average Bonchev–Trinajstić information content (AvgIpc) is 3.13. The predicted molar refractivity (Wildman–Crippen MR) is 120 cm³/mol. The van der Waals surface area contributed by atoms with Crippen molar-refractivity contribution in [1.29, 1.82) is 0 Å². The molecule has 168 valence electrons. The summed E-state index contributed by atoms with van der Waals surface area (Å²) in [7, 11) is 1.54. The molecule has 1 atom stereocenters. The summed E-state index contributed by atoms with van der Waals surface area (Å²) in [6, 6.07) is 12.8. The molecule has 7 nitrogen and oxygen atoms in total. The molecule has 2 aliphatic heterocycles. The number of para-hydroxylation sites is 1. The van der Waals surface area contributed by atoms with Crippen LogP contribution in [0.15, 0.2) is 42.5 Å². The first-order chi connectivity index (χ1) is 15.3. The summed E-state index contributed by atoms with van der Waals surface area (Å²) < 4.78 is 11.3. The maximum Gasteiger partial charge on any atom is 0.353 e. The van der Waals surface area contributed by atoms with Gasteiger partial charge >= 0.3 is 5.97 Å². The van der Waals surface area contributed by atoms with Gasteiger partial charge in [0.25, 0.3) is 5.91 Å². The van der Waals surface area contributed by atoms with Gasteiger partial charge in [0.05, 0.1) is 11.3 Å². The first-order valence-corrected chi connectivity index (χ1v) is 10.9. The van der Waals surface area contributed by atoms with E-state index in [1.807, 2.05) is 25.1 Å². The van der Waals surface area contributed by atoms with Crippen LogP contribution in [-0.2, 0) is 14.3 Å². The van der Waals surface area contributed by atoms with Crippen LogP contribution in [0.5, 0.6) is 5.75 Å². The number of ether oxygens (including phenoxy) is 2. The van der Waals surface area contributed by atoms with Crippen molar-refractivity contribution in [1.82, 2.24) is 4.90 Å². The van der Waals surface area contributed by atoms with Crippen molar-refractivity contribution in [3.8, 4) is 5.75 Å². The second-order valence-electron chi connectivity index (χ2n) is 8.58. The summed E-state index contributed by atoms with van der Waals surface area (Å²) >= 11 is 0. The number of carbonyl (C=O) groups is 3. The van der Waals surface area contributed by atoms with Crippen molar-refractivity contribution in [2.75, 3.05) is 25.2 Å². The zero-order valence-corrected chi connectivity index (χ0v) is 18.9. The van der Waals surface area contributed by atoms with Crippen molar-refractivity contribution in [3.05, 3.63) is 59.2 Å². The summed E-state index contributed by atoms with van der Waals surface area (Å²) in [6.07, 6.45) is 0.358. The van der Waals surface area contributed by atoms with Crippen LogP contribution in [0.2, 0.25) is 0 Å². The van der Waals surface area contributed by atoms with Gasteiger partial charge in [-0.1, -0.05) is 32.0 Å². The minimum absolute atomic E-state index is 0.0112. The average molecular weight is 437 g/mol. The van der Waals surface area contributed by atoms with Crippen LogP contribution >= 0.6 is 0 Å². The lowest BCUT2D eigenvalue weighted by molar-refractivity contribution is -0.157. The van der Waals surface area contributed by atoms with Crippen LogP contribution in [-0.4, -0.2) is 48.6 Å². The summed E-state index contributed by atoms with van der Waals surface area (Å²) in [5, 5.41) is 0. The highest BCUT2D eigenvalue weighted by Gasteiger charge is 2.60. The highest BCUT2D eigenvalue weighted by atomic mass is 16.6. The molecule has 0 radical (unpaired) electrons. The lowest BCUT2D eigenvalue weighted by atomic mass is 9.97. The number of hydrogen-bond donors (Lipinski definition) is 0. The van der Waals surface area contributed by atoms with Crippen molar-refractivity contribution in [3.63, 3.8) is 0 Å². The Balaban J connectivity index is 1.46. The lowest BCUT2D eigenvalue weighted by Gasteiger charge is -2.46. The molecule has 2 aromatic rings. The second kappa shape index (κ2) is 8.30. The van der Waals surface area contributed by atoms with E-state index in [0.29, 0.717) is 22.9 Å². The number of aryl methyl sites for hydroxylation is 1. The fourth-order valence-electron chi connectivity index (χ4n) is 4.69. The Morgan fingerprint density at radius 1 is 1.12 bits per heavy atom. The molecule has 2 aromatic carbocycles. The van der Waals surface area contributed by atoms with Gasteiger partial charge in [0, 0.05) is 19.9 Å². The third kappa shape index (κ3) is 3.42. The molecule has 1 saturated heterocycles. The summed E-state index contributed by atoms with van der Waals surface area (Å²) in [5.41, 5.74) is 1.80. The van der Waals surface area contributed by atoms with Crippen LogP contribution < -0.4 is 9.64 Å². The second-order valence-corrected chi connectivity index (χ2v) is 8.58. The normalized spacial score (nSPS) is 19.8. The molecule has 0 aliphatic carbocycles. The Bertz CT molecular complexity index is 1080. The number of amides is 2. The molecule has 0 spiro atoms. The highest BCUT2D eigenvalue weighted by molar-refractivity contribution is 6.15. The molecule has 4 rings (SSSR count). The smallest absolute Gasteiger partial charge is 0.353 e. The minimum Gasteiger partial charge on any atom is -0.490 e. The maximum absolute atomic E-state index is 13.2. The third-order valence-corrected chi connectivity index (χ3v) is 6.32. The van der Waals surface area contributed by atoms with Gasteiger partial charge in [-0.05, 0) is 48.2 Å². The Morgan fingerprint density at radius 3 is 2.59 bits per heavy atom. The van der Waals surface area contributed by atoms with Crippen LogP contribution in [0.1, 0.15) is 54.1 Å². The van der Waals surface area contributed by atoms with E-state index in [4.69, 9.17) is 9.47 Å². The highest BCUT2D eigenvalue weighted by Crippen LogP contribution is 2.44. The topological polar surface area (TPSA) is 76.1 Å². The van der Waals surface area contributed by atoms with E-state index in [-0.39, 0.29) is 37.9 Å². The number of rotatable bonds is 6. The number of likely N-dealkylation sites (N-methyl/N-ethyl adjacent to an activating group) is 1. The van der Waals surface area contributed by atoms with E-state index in [9.17, 15) is 14.4 Å². The van der Waals surface area contributed by atoms with Gasteiger partial charge in [-0.15, -0.1) is 0 Å². The van der Waals surface area contributed by atoms with Gasteiger partial charge in [0.2, 0.25) is 11.6 Å². The number of esters is 1. The van der Waals surface area contributed by atoms with E-state index in [1.54, 1.807) is 31.3 Å². The zero-order valence-electron chi connectivity index (χ0n) is 18.9. The predicted octanol–water partition coefficient (Wildman–Crippen LogP) is 3.65. The Morgan fingerprint density at radius 2 is 1.88 bits per heavy atom. The van der Waals surface area contributed by atoms with E-state index < -0.39 is 11.6 Å². The molecule has 1 unspecified atom stereocenters.